The first-order valence-corrected chi connectivity index (χ1v) is 13.3. The molecule has 2 heterocycles. The number of nitrogens with zero attached hydrogens (tertiary/aromatic N) is 4. The molecular formula is C21H32N5O10P. The van der Waals surface area contributed by atoms with Gasteiger partial charge in [-0.05, 0) is 40.0 Å². The third-order valence-corrected chi connectivity index (χ3v) is 6.67. The van der Waals surface area contributed by atoms with Crippen LogP contribution in [-0.4, -0.2) is 69.6 Å². The van der Waals surface area contributed by atoms with Crippen molar-refractivity contribution in [3.05, 3.63) is 12.5 Å². The molecule has 2 aromatic heterocycles. The molecule has 0 bridgehead atoms. The predicted octanol–water partition coefficient (Wildman–Crippen LogP) is 3.43. The van der Waals surface area contributed by atoms with Crippen LogP contribution in [0, 0.1) is 5.92 Å². The number of carbonyl (C=O) groups excluding carboxylic acids is 2. The van der Waals surface area contributed by atoms with Gasteiger partial charge in [0, 0.05) is 0 Å². The first-order chi connectivity index (χ1) is 17.4. The molecule has 15 nitrogen and oxygen atoms in total. The van der Waals surface area contributed by atoms with Crippen LogP contribution in [-0.2, 0) is 43.8 Å². The Morgan fingerprint density at radius 3 is 2.19 bits per heavy atom. The van der Waals surface area contributed by atoms with Gasteiger partial charge < -0.3 is 34.0 Å². The number of rotatable bonds is 13. The van der Waals surface area contributed by atoms with Gasteiger partial charge in [-0.25, -0.2) is 19.6 Å². The Kier molecular flexibility index (Phi) is 9.29. The molecule has 1 saturated carbocycles. The molecule has 3 rings (SSSR count). The quantitative estimate of drug-likeness (QED) is 0.219. The zero-order valence-electron chi connectivity index (χ0n) is 21.3. The fourth-order valence-corrected chi connectivity index (χ4v) is 4.35. The highest BCUT2D eigenvalue weighted by Crippen LogP contribution is 2.54. The molecule has 2 aromatic rings. The SMILES string of the molecule is CC(C)OC(=O)OCOP(=O)(COC1(Cn2cnc3cnc(N)nc32)CC1C)OCOC(=O)OC(C)C. The van der Waals surface area contributed by atoms with Crippen molar-refractivity contribution in [2.75, 3.05) is 25.7 Å². The van der Waals surface area contributed by atoms with E-state index in [4.69, 9.17) is 38.5 Å². The van der Waals surface area contributed by atoms with Crippen molar-refractivity contribution in [1.29, 1.82) is 0 Å². The standard InChI is InChI=1S/C21H32N5O10P/c1-13(2)35-19(27)30-10-33-37(29,34-11-31-20(28)36-14(3)4)12-32-21(6-15(21)5)8-26-9-24-16-7-23-18(22)25-17(16)26/h7,9,13-15H,6,8,10-12H2,1-5H3,(H2,22,23,25). The van der Waals surface area contributed by atoms with Crippen LogP contribution >= 0.6 is 7.60 Å². The highest BCUT2D eigenvalue weighted by atomic mass is 31.2. The summed E-state index contributed by atoms with van der Waals surface area (Å²) < 4.78 is 50.8. The second-order valence-electron chi connectivity index (χ2n) is 8.98. The van der Waals surface area contributed by atoms with Crippen LogP contribution in [0.3, 0.4) is 0 Å². The van der Waals surface area contributed by atoms with Gasteiger partial charge in [0.05, 0.1) is 36.9 Å². The minimum Gasteiger partial charge on any atom is -0.432 e. The highest BCUT2D eigenvalue weighted by molar-refractivity contribution is 7.53. The van der Waals surface area contributed by atoms with Gasteiger partial charge in [-0.1, -0.05) is 6.92 Å². The summed E-state index contributed by atoms with van der Waals surface area (Å²) in [7, 11) is -4.09. The molecule has 0 amide bonds. The van der Waals surface area contributed by atoms with Gasteiger partial charge in [0.25, 0.3) is 0 Å². The van der Waals surface area contributed by atoms with Crippen LogP contribution in [0.25, 0.3) is 11.2 Å². The number of hydrogen-bond acceptors (Lipinski definition) is 14. The minimum absolute atomic E-state index is 0.0899. The van der Waals surface area contributed by atoms with E-state index < -0.39 is 57.6 Å². The minimum atomic E-state index is -4.09. The number of imidazole rings is 1. The average molecular weight is 545 g/mol. The third kappa shape index (κ3) is 8.25. The molecule has 2 unspecified atom stereocenters. The molecular weight excluding hydrogens is 513 g/mol. The third-order valence-electron chi connectivity index (χ3n) is 5.23. The van der Waals surface area contributed by atoms with E-state index >= 15 is 0 Å². The Morgan fingerprint density at radius 2 is 1.68 bits per heavy atom. The van der Waals surface area contributed by atoms with E-state index in [1.54, 1.807) is 38.6 Å². The molecule has 0 spiro atoms. The van der Waals surface area contributed by atoms with E-state index in [0.717, 1.165) is 0 Å². The summed E-state index contributed by atoms with van der Waals surface area (Å²) in [5.41, 5.74) is 6.07. The maximum Gasteiger partial charge on any atom is 0.510 e. The Morgan fingerprint density at radius 1 is 1.11 bits per heavy atom. The zero-order valence-corrected chi connectivity index (χ0v) is 22.2. The molecule has 206 valence electrons. The van der Waals surface area contributed by atoms with Crippen molar-refractivity contribution < 1.29 is 46.9 Å². The lowest BCUT2D eigenvalue weighted by Crippen LogP contribution is -2.25. The molecule has 1 aliphatic rings. The average Bonchev–Trinajstić information content (AvgIpc) is 3.26. The summed E-state index contributed by atoms with van der Waals surface area (Å²) >= 11 is 0. The van der Waals surface area contributed by atoms with Crippen LogP contribution in [0.15, 0.2) is 12.5 Å². The summed E-state index contributed by atoms with van der Waals surface area (Å²) in [4.78, 5) is 35.7. The van der Waals surface area contributed by atoms with E-state index in [9.17, 15) is 14.2 Å². The maximum atomic E-state index is 13.4. The van der Waals surface area contributed by atoms with Gasteiger partial charge in [0.2, 0.25) is 19.5 Å². The number of hydrogen-bond donors (Lipinski definition) is 1. The van der Waals surface area contributed by atoms with E-state index in [-0.39, 0.29) is 11.9 Å². The summed E-state index contributed by atoms with van der Waals surface area (Å²) in [6.07, 6.45) is 0.352. The van der Waals surface area contributed by atoms with Gasteiger partial charge >= 0.3 is 19.9 Å². The maximum absolute atomic E-state index is 13.4. The van der Waals surface area contributed by atoms with Gasteiger partial charge in [0.1, 0.15) is 11.9 Å². The fraction of sp³-hybridized carbons (Fsp3) is 0.667. The zero-order chi connectivity index (χ0) is 27.2. The van der Waals surface area contributed by atoms with E-state index in [0.29, 0.717) is 24.1 Å². The Labute approximate surface area is 213 Å². The van der Waals surface area contributed by atoms with E-state index in [2.05, 4.69) is 15.0 Å². The van der Waals surface area contributed by atoms with E-state index in [1.165, 1.54) is 6.20 Å². The van der Waals surface area contributed by atoms with Crippen LogP contribution in [0.2, 0.25) is 0 Å². The van der Waals surface area contributed by atoms with Crippen LogP contribution in [0.4, 0.5) is 15.5 Å². The number of anilines is 1. The van der Waals surface area contributed by atoms with Crippen LogP contribution in [0.1, 0.15) is 41.0 Å². The second kappa shape index (κ2) is 12.0. The Hall–Kier alpha value is -3.00. The van der Waals surface area contributed by atoms with Crippen molar-refractivity contribution in [3.8, 4) is 0 Å². The first-order valence-electron chi connectivity index (χ1n) is 11.5. The lowest BCUT2D eigenvalue weighted by molar-refractivity contribution is -0.0405. The van der Waals surface area contributed by atoms with Crippen molar-refractivity contribution >= 4 is 37.0 Å². The van der Waals surface area contributed by atoms with Crippen molar-refractivity contribution in [2.45, 2.75) is 65.4 Å². The molecule has 2 N–H and O–H groups in total. The number of ether oxygens (including phenoxy) is 5. The summed E-state index contributed by atoms with van der Waals surface area (Å²) in [6.45, 7) is 7.35. The monoisotopic (exact) mass is 545 g/mol. The number of nitrogens with two attached hydrogens (primary N) is 1. The lowest BCUT2D eigenvalue weighted by Gasteiger charge is -2.23. The molecule has 0 saturated heterocycles. The largest absolute Gasteiger partial charge is 0.510 e. The van der Waals surface area contributed by atoms with Crippen molar-refractivity contribution in [1.82, 2.24) is 19.5 Å². The molecule has 0 aliphatic heterocycles. The van der Waals surface area contributed by atoms with Gasteiger partial charge in [-0.15, -0.1) is 0 Å². The van der Waals surface area contributed by atoms with Crippen LogP contribution in [0.5, 0.6) is 0 Å². The normalized spacial score (nSPS) is 19.3. The second-order valence-corrected chi connectivity index (χ2v) is 11.0. The number of nitrogen functional groups attached to an aromatic ring is 1. The van der Waals surface area contributed by atoms with E-state index in [1.807, 2.05) is 6.92 Å². The molecule has 0 radical (unpaired) electrons. The lowest BCUT2D eigenvalue weighted by atomic mass is 10.2. The smallest absolute Gasteiger partial charge is 0.432 e. The number of fused-ring (bicyclic) bond motifs is 1. The topological polar surface area (TPSA) is 185 Å². The fourth-order valence-electron chi connectivity index (χ4n) is 3.28. The Balaban J connectivity index is 1.64. The summed E-state index contributed by atoms with van der Waals surface area (Å²) in [6, 6.07) is 0. The van der Waals surface area contributed by atoms with Gasteiger partial charge in [-0.3, -0.25) is 13.6 Å². The molecule has 1 aliphatic carbocycles. The molecule has 0 aromatic carbocycles. The molecule has 37 heavy (non-hydrogen) atoms. The number of carbonyl (C=O) groups is 2. The summed E-state index contributed by atoms with van der Waals surface area (Å²) in [5, 5.41) is 0. The predicted molar refractivity (Wildman–Crippen MR) is 127 cm³/mol. The molecule has 2 atom stereocenters. The van der Waals surface area contributed by atoms with Crippen LogP contribution < -0.4 is 5.73 Å². The van der Waals surface area contributed by atoms with Crippen molar-refractivity contribution in [3.63, 3.8) is 0 Å². The first kappa shape index (κ1) is 28.6. The van der Waals surface area contributed by atoms with Crippen molar-refractivity contribution in [2.24, 2.45) is 5.92 Å². The highest BCUT2D eigenvalue weighted by Gasteiger charge is 2.54. The number of aromatic nitrogens is 4. The summed E-state index contributed by atoms with van der Waals surface area (Å²) in [5.74, 6) is 0.193. The van der Waals surface area contributed by atoms with Gasteiger partial charge in [-0.2, -0.15) is 4.98 Å². The van der Waals surface area contributed by atoms with Gasteiger partial charge in [0.15, 0.2) is 5.65 Å². The molecule has 16 heteroatoms. The molecule has 1 fully saturated rings. The Bertz CT molecular complexity index is 1110.